The Balaban J connectivity index is 1.77. The summed E-state index contributed by atoms with van der Waals surface area (Å²) in [6, 6.07) is 26.0. The largest absolute Gasteiger partial charge is 0.497 e. The molecule has 0 aliphatic rings. The maximum Gasteiger partial charge on any atom is 0.307 e. The van der Waals surface area contributed by atoms with E-state index >= 15 is 0 Å². The molecule has 1 N–H and O–H groups in total. The Morgan fingerprint density at radius 3 is 2.11 bits per heavy atom. The molecule has 0 radical (unpaired) electrons. The minimum Gasteiger partial charge on any atom is -0.497 e. The summed E-state index contributed by atoms with van der Waals surface area (Å²) in [4.78, 5) is 13.5. The molecule has 35 heavy (non-hydrogen) atoms. The van der Waals surface area contributed by atoms with Crippen LogP contribution in [0.4, 0.5) is 0 Å². The van der Waals surface area contributed by atoms with Gasteiger partial charge in [0.1, 0.15) is 5.75 Å². The number of aliphatic carboxylic acids is 1. The lowest BCUT2D eigenvalue weighted by Crippen LogP contribution is -2.35. The third kappa shape index (κ3) is 7.87. The van der Waals surface area contributed by atoms with E-state index in [2.05, 4.69) is 0 Å². The summed E-state index contributed by atoms with van der Waals surface area (Å²) in [7, 11) is -2.34. The normalized spacial score (nSPS) is 13.2. The number of ether oxygens (including phenoxy) is 1. The Bertz CT molecular complexity index is 1150. The quantitative estimate of drug-likeness (QED) is 0.207. The minimum atomic E-state index is -3.86. The van der Waals surface area contributed by atoms with Crippen molar-refractivity contribution in [3.63, 3.8) is 0 Å². The third-order valence-corrected chi connectivity index (χ3v) is 9.38. The maximum absolute atomic E-state index is 13.7. The number of hydrogen-bond donors (Lipinski definition) is 1. The van der Waals surface area contributed by atoms with Crippen molar-refractivity contribution in [2.45, 2.75) is 47.1 Å². The number of thioether (sulfide) groups is 1. The van der Waals surface area contributed by atoms with Gasteiger partial charge in [-0.3, -0.25) is 4.79 Å². The van der Waals surface area contributed by atoms with Gasteiger partial charge in [-0.05, 0) is 73.4 Å². The van der Waals surface area contributed by atoms with Crippen LogP contribution in [0.15, 0.2) is 94.7 Å². The van der Waals surface area contributed by atoms with Crippen LogP contribution in [0, 0.1) is 5.92 Å². The zero-order chi connectivity index (χ0) is 25.1. The van der Waals surface area contributed by atoms with Crippen molar-refractivity contribution in [3.8, 4) is 5.75 Å². The topological polar surface area (TPSA) is 80.7 Å². The highest BCUT2D eigenvalue weighted by atomic mass is 32.2. The molecule has 0 unspecified atom stereocenters. The van der Waals surface area contributed by atoms with Crippen molar-refractivity contribution in [1.29, 1.82) is 0 Å². The number of benzene rings is 3. The number of aryl methyl sites for hydroxylation is 1. The molecule has 0 saturated carbocycles. The van der Waals surface area contributed by atoms with E-state index in [1.165, 1.54) is 24.8 Å². The smallest absolute Gasteiger partial charge is 0.307 e. The van der Waals surface area contributed by atoms with Crippen LogP contribution in [0.1, 0.15) is 31.2 Å². The molecule has 0 bridgehead atoms. The molecule has 5 nitrogen and oxygen atoms in total. The summed E-state index contributed by atoms with van der Waals surface area (Å²) in [6.07, 6.45) is 2.83. The third-order valence-electron chi connectivity index (χ3n) is 6.04. The van der Waals surface area contributed by atoms with Crippen LogP contribution in [0.5, 0.6) is 5.75 Å². The molecule has 3 aromatic carbocycles. The second kappa shape index (κ2) is 13.4. The minimum absolute atomic E-state index is 0.133. The first-order valence-corrected chi connectivity index (χ1v) is 14.3. The van der Waals surface area contributed by atoms with Crippen molar-refractivity contribution in [1.82, 2.24) is 0 Å². The summed E-state index contributed by atoms with van der Waals surface area (Å²) in [5, 5.41) is 9.07. The van der Waals surface area contributed by atoms with Crippen LogP contribution >= 0.6 is 11.8 Å². The summed E-state index contributed by atoms with van der Waals surface area (Å²) in [5.41, 5.74) is 1.19. The van der Waals surface area contributed by atoms with Gasteiger partial charge in [0, 0.05) is 4.90 Å². The number of rotatable bonds is 14. The van der Waals surface area contributed by atoms with Gasteiger partial charge in [0.25, 0.3) is 0 Å². The van der Waals surface area contributed by atoms with Crippen molar-refractivity contribution in [2.75, 3.05) is 12.9 Å². The Labute approximate surface area is 212 Å². The highest BCUT2D eigenvalue weighted by molar-refractivity contribution is 7.99. The molecule has 0 fully saturated rings. The predicted octanol–water partition coefficient (Wildman–Crippen LogP) is 6.13. The number of carbonyl (C=O) groups is 1. The van der Waals surface area contributed by atoms with Crippen molar-refractivity contribution < 1.29 is 23.1 Å². The van der Waals surface area contributed by atoms with E-state index in [4.69, 9.17) is 4.74 Å². The molecule has 0 aromatic heterocycles. The molecule has 186 valence electrons. The van der Waals surface area contributed by atoms with Crippen LogP contribution in [0.25, 0.3) is 0 Å². The summed E-state index contributed by atoms with van der Waals surface area (Å²) < 4.78 is 32.5. The molecule has 0 aliphatic carbocycles. The Morgan fingerprint density at radius 1 is 0.886 bits per heavy atom. The van der Waals surface area contributed by atoms with Gasteiger partial charge >= 0.3 is 5.97 Å². The number of carboxylic acid groups (broad SMARTS) is 1. The molecular formula is C28H32O5S2. The summed E-state index contributed by atoms with van der Waals surface area (Å²) in [5.74, 6) is -0.976. The van der Waals surface area contributed by atoms with E-state index < -0.39 is 27.0 Å². The zero-order valence-electron chi connectivity index (χ0n) is 19.9. The van der Waals surface area contributed by atoms with E-state index in [0.717, 1.165) is 17.7 Å². The standard InChI is InChI=1S/C28H32O5S2/c1-33-23-16-18-25(19-17-23)35(31,32)27(15-9-8-12-22-10-4-2-5-11-22)26(28(29)30)20-21-34-24-13-6-3-7-14-24/h2-7,10-11,13-14,16-19,26-27H,8-9,12,15,20-21H2,1H3,(H,29,30)/t26-,27+/m0/s1. The van der Waals surface area contributed by atoms with Crippen LogP contribution in [0.2, 0.25) is 0 Å². The van der Waals surface area contributed by atoms with Crippen LogP contribution in [0.3, 0.4) is 0 Å². The van der Waals surface area contributed by atoms with Gasteiger partial charge < -0.3 is 9.84 Å². The molecule has 7 heteroatoms. The van der Waals surface area contributed by atoms with E-state index in [0.29, 0.717) is 24.3 Å². The van der Waals surface area contributed by atoms with Gasteiger partial charge in [-0.2, -0.15) is 0 Å². The Kier molecular flexibility index (Phi) is 10.2. The average molecular weight is 513 g/mol. The lowest BCUT2D eigenvalue weighted by atomic mass is 9.97. The fourth-order valence-corrected chi connectivity index (χ4v) is 7.11. The Hall–Kier alpha value is -2.77. The van der Waals surface area contributed by atoms with Crippen LogP contribution in [-0.4, -0.2) is 37.6 Å². The second-order valence-corrected chi connectivity index (χ2v) is 11.7. The van der Waals surface area contributed by atoms with Gasteiger partial charge in [-0.15, -0.1) is 11.8 Å². The Morgan fingerprint density at radius 2 is 1.51 bits per heavy atom. The fraction of sp³-hybridized carbons (Fsp3) is 0.321. The highest BCUT2D eigenvalue weighted by Gasteiger charge is 2.38. The van der Waals surface area contributed by atoms with E-state index in [9.17, 15) is 18.3 Å². The van der Waals surface area contributed by atoms with E-state index in [1.807, 2.05) is 60.7 Å². The predicted molar refractivity (Wildman–Crippen MR) is 141 cm³/mol. The fourth-order valence-electron chi connectivity index (χ4n) is 4.12. The van der Waals surface area contributed by atoms with Crippen LogP contribution in [-0.2, 0) is 21.1 Å². The SMILES string of the molecule is COc1ccc(S(=O)(=O)[C@H](CCCCc2ccccc2)[C@H](CCSc2ccccc2)C(=O)O)cc1. The average Bonchev–Trinajstić information content (AvgIpc) is 2.88. The lowest BCUT2D eigenvalue weighted by Gasteiger charge is -2.24. The molecule has 0 saturated heterocycles. The van der Waals surface area contributed by atoms with Crippen molar-refractivity contribution >= 4 is 27.6 Å². The molecule has 3 rings (SSSR count). The number of unbranched alkanes of at least 4 members (excludes halogenated alkanes) is 1. The van der Waals surface area contributed by atoms with E-state index in [-0.39, 0.29) is 11.3 Å². The van der Waals surface area contributed by atoms with Gasteiger partial charge in [-0.1, -0.05) is 55.0 Å². The number of methoxy groups -OCH3 is 1. The van der Waals surface area contributed by atoms with E-state index in [1.54, 1.807) is 23.9 Å². The second-order valence-electron chi connectivity index (χ2n) is 8.39. The van der Waals surface area contributed by atoms with Crippen molar-refractivity contribution in [2.24, 2.45) is 5.92 Å². The maximum atomic E-state index is 13.7. The number of sulfone groups is 1. The van der Waals surface area contributed by atoms with Gasteiger partial charge in [0.2, 0.25) is 0 Å². The number of carboxylic acids is 1. The monoisotopic (exact) mass is 512 g/mol. The van der Waals surface area contributed by atoms with Gasteiger partial charge in [0.15, 0.2) is 9.84 Å². The first-order valence-electron chi connectivity index (χ1n) is 11.7. The number of hydrogen-bond acceptors (Lipinski definition) is 5. The molecule has 3 aromatic rings. The van der Waals surface area contributed by atoms with Crippen molar-refractivity contribution in [3.05, 3.63) is 90.5 Å². The lowest BCUT2D eigenvalue weighted by molar-refractivity contribution is -0.141. The van der Waals surface area contributed by atoms with Crippen LogP contribution < -0.4 is 4.74 Å². The highest BCUT2D eigenvalue weighted by Crippen LogP contribution is 2.31. The molecule has 0 amide bonds. The van der Waals surface area contributed by atoms with Gasteiger partial charge in [-0.25, -0.2) is 8.42 Å². The molecule has 0 heterocycles. The summed E-state index contributed by atoms with van der Waals surface area (Å²) in [6.45, 7) is 0. The molecule has 0 aliphatic heterocycles. The first-order chi connectivity index (χ1) is 16.9. The van der Waals surface area contributed by atoms with Gasteiger partial charge in [0.05, 0.1) is 23.2 Å². The molecular weight excluding hydrogens is 480 g/mol. The molecule has 2 atom stereocenters. The molecule has 0 spiro atoms. The zero-order valence-corrected chi connectivity index (χ0v) is 21.5. The first kappa shape index (κ1) is 26.8. The summed E-state index contributed by atoms with van der Waals surface area (Å²) >= 11 is 1.55.